The van der Waals surface area contributed by atoms with Crippen molar-refractivity contribution in [2.24, 2.45) is 0 Å². The fraction of sp³-hybridized carbons (Fsp3) is 0.368. The number of halogens is 2. The Bertz CT molecular complexity index is 899. The smallest absolute Gasteiger partial charge is 0.339 e. The van der Waals surface area contributed by atoms with Crippen molar-refractivity contribution in [3.05, 3.63) is 51.4 Å². The lowest BCUT2D eigenvalue weighted by Gasteiger charge is -2.35. The molecule has 0 saturated carbocycles. The molecule has 1 saturated heterocycles. The van der Waals surface area contributed by atoms with Gasteiger partial charge in [0.05, 0.1) is 27.9 Å². The predicted octanol–water partition coefficient (Wildman–Crippen LogP) is 3.23. The number of esters is 1. The summed E-state index contributed by atoms with van der Waals surface area (Å²) in [5.41, 5.74) is 1.15. The largest absolute Gasteiger partial charge is 0.462 e. The van der Waals surface area contributed by atoms with Crippen LogP contribution in [0.3, 0.4) is 0 Å². The molecule has 7 nitrogen and oxygen atoms in total. The lowest BCUT2D eigenvalue weighted by Crippen LogP contribution is -2.49. The molecule has 148 valence electrons. The highest BCUT2D eigenvalue weighted by Gasteiger charge is 2.25. The van der Waals surface area contributed by atoms with Gasteiger partial charge in [0.15, 0.2) is 0 Å². The van der Waals surface area contributed by atoms with Crippen LogP contribution >= 0.6 is 23.2 Å². The normalized spacial score (nSPS) is 14.1. The maximum Gasteiger partial charge on any atom is 0.339 e. The molecule has 0 radical (unpaired) electrons. The van der Waals surface area contributed by atoms with Crippen LogP contribution < -0.4 is 4.90 Å². The van der Waals surface area contributed by atoms with Gasteiger partial charge < -0.3 is 14.5 Å². The molecule has 28 heavy (non-hydrogen) atoms. The van der Waals surface area contributed by atoms with Crippen molar-refractivity contribution in [1.82, 2.24) is 14.9 Å². The summed E-state index contributed by atoms with van der Waals surface area (Å²) in [7, 11) is 0. The molecule has 0 aliphatic carbocycles. The number of aryl methyl sites for hydroxylation is 1. The van der Waals surface area contributed by atoms with Gasteiger partial charge >= 0.3 is 5.97 Å². The second kappa shape index (κ2) is 8.75. The zero-order chi connectivity index (χ0) is 20.3. The summed E-state index contributed by atoms with van der Waals surface area (Å²) >= 11 is 12.1. The van der Waals surface area contributed by atoms with Crippen LogP contribution in [0.15, 0.2) is 24.4 Å². The van der Waals surface area contributed by atoms with Gasteiger partial charge in [-0.3, -0.25) is 4.79 Å². The molecule has 0 N–H and O–H groups in total. The van der Waals surface area contributed by atoms with Crippen molar-refractivity contribution in [3.8, 4) is 0 Å². The highest BCUT2D eigenvalue weighted by atomic mass is 35.5. The molecule has 2 aromatic heterocycles. The zero-order valence-corrected chi connectivity index (χ0v) is 17.1. The van der Waals surface area contributed by atoms with E-state index >= 15 is 0 Å². The van der Waals surface area contributed by atoms with E-state index in [1.54, 1.807) is 43.1 Å². The maximum atomic E-state index is 12.8. The van der Waals surface area contributed by atoms with Crippen LogP contribution in [0.2, 0.25) is 10.0 Å². The molecule has 3 rings (SSSR count). The molecule has 0 aromatic carbocycles. The van der Waals surface area contributed by atoms with E-state index in [1.165, 1.54) is 0 Å². The Kier molecular flexibility index (Phi) is 6.36. The van der Waals surface area contributed by atoms with Crippen LogP contribution in [0.25, 0.3) is 0 Å². The number of hydrogen-bond donors (Lipinski definition) is 0. The van der Waals surface area contributed by atoms with Crippen molar-refractivity contribution in [2.75, 3.05) is 37.7 Å². The van der Waals surface area contributed by atoms with Gasteiger partial charge in [0.25, 0.3) is 5.91 Å². The summed E-state index contributed by atoms with van der Waals surface area (Å²) in [6.45, 7) is 5.94. The minimum Gasteiger partial charge on any atom is -0.462 e. The van der Waals surface area contributed by atoms with E-state index in [2.05, 4.69) is 9.97 Å². The highest BCUT2D eigenvalue weighted by Crippen LogP contribution is 2.27. The maximum absolute atomic E-state index is 12.8. The minimum absolute atomic E-state index is 0.173. The van der Waals surface area contributed by atoms with E-state index in [9.17, 15) is 9.59 Å². The van der Waals surface area contributed by atoms with Crippen LogP contribution in [-0.2, 0) is 4.74 Å². The average molecular weight is 423 g/mol. The van der Waals surface area contributed by atoms with Gasteiger partial charge in [-0.2, -0.15) is 0 Å². The van der Waals surface area contributed by atoms with Crippen molar-refractivity contribution in [3.63, 3.8) is 0 Å². The van der Waals surface area contributed by atoms with Gasteiger partial charge in [0.1, 0.15) is 11.5 Å². The van der Waals surface area contributed by atoms with Gasteiger partial charge in [0.2, 0.25) is 0 Å². The number of amides is 1. The molecule has 1 aliphatic rings. The molecule has 1 amide bonds. The Morgan fingerprint density at radius 3 is 2.50 bits per heavy atom. The third-order valence-corrected chi connectivity index (χ3v) is 4.94. The number of aromatic nitrogens is 2. The fourth-order valence-electron chi connectivity index (χ4n) is 3.03. The quantitative estimate of drug-likeness (QED) is 0.703. The molecule has 2 aromatic rings. The van der Waals surface area contributed by atoms with Gasteiger partial charge in [0, 0.05) is 32.4 Å². The molecule has 0 atom stereocenters. The number of anilines is 1. The third-order valence-electron chi connectivity index (χ3n) is 4.46. The first kappa shape index (κ1) is 20.4. The van der Waals surface area contributed by atoms with Gasteiger partial charge in [-0.1, -0.05) is 23.2 Å². The summed E-state index contributed by atoms with van der Waals surface area (Å²) in [6, 6.07) is 4.80. The third kappa shape index (κ3) is 4.36. The van der Waals surface area contributed by atoms with Crippen molar-refractivity contribution < 1.29 is 14.3 Å². The number of rotatable bonds is 4. The number of hydrogen-bond acceptors (Lipinski definition) is 6. The van der Waals surface area contributed by atoms with E-state index in [0.717, 1.165) is 0 Å². The van der Waals surface area contributed by atoms with Crippen LogP contribution in [0.1, 0.15) is 33.5 Å². The second-order valence-corrected chi connectivity index (χ2v) is 7.13. The van der Waals surface area contributed by atoms with Gasteiger partial charge in [-0.15, -0.1) is 0 Å². The Morgan fingerprint density at radius 1 is 1.18 bits per heavy atom. The second-order valence-electron chi connectivity index (χ2n) is 6.29. The minimum atomic E-state index is -0.438. The molecule has 0 unspecified atom stereocenters. The molecule has 9 heteroatoms. The predicted molar refractivity (Wildman–Crippen MR) is 107 cm³/mol. The van der Waals surface area contributed by atoms with Gasteiger partial charge in [-0.05, 0) is 32.0 Å². The first-order valence-electron chi connectivity index (χ1n) is 8.90. The molecular weight excluding hydrogens is 403 g/mol. The number of carbonyl (C=O) groups is 2. The Balaban J connectivity index is 1.66. The van der Waals surface area contributed by atoms with Crippen molar-refractivity contribution in [2.45, 2.75) is 13.8 Å². The van der Waals surface area contributed by atoms with E-state index in [1.807, 2.05) is 4.90 Å². The molecule has 0 bridgehead atoms. The van der Waals surface area contributed by atoms with Crippen molar-refractivity contribution in [1.29, 1.82) is 0 Å². The van der Waals surface area contributed by atoms with Crippen molar-refractivity contribution >= 4 is 40.9 Å². The van der Waals surface area contributed by atoms with Crippen LogP contribution in [0.4, 0.5) is 5.82 Å². The van der Waals surface area contributed by atoms with E-state index in [0.29, 0.717) is 59.0 Å². The summed E-state index contributed by atoms with van der Waals surface area (Å²) in [5, 5.41) is 0.967. The van der Waals surface area contributed by atoms with Crippen LogP contribution in [-0.4, -0.2) is 59.5 Å². The highest BCUT2D eigenvalue weighted by molar-refractivity contribution is 6.36. The van der Waals surface area contributed by atoms with E-state index in [4.69, 9.17) is 27.9 Å². The summed E-state index contributed by atoms with van der Waals surface area (Å²) in [5.74, 6) is 0.0479. The average Bonchev–Trinajstić information content (AvgIpc) is 2.67. The molecule has 3 heterocycles. The fourth-order valence-corrected chi connectivity index (χ4v) is 3.53. The topological polar surface area (TPSA) is 75.6 Å². The summed E-state index contributed by atoms with van der Waals surface area (Å²) in [4.78, 5) is 37.0. The number of piperazine rings is 1. The lowest BCUT2D eigenvalue weighted by molar-refractivity contribution is 0.0524. The lowest BCUT2D eigenvalue weighted by atomic mass is 10.1. The summed E-state index contributed by atoms with van der Waals surface area (Å²) < 4.78 is 4.99. The first-order valence-corrected chi connectivity index (χ1v) is 9.66. The number of nitrogens with zero attached hydrogens (tertiary/aromatic N) is 4. The number of ether oxygens (including phenoxy) is 1. The standard InChI is InChI=1S/C19H20Cl2N4O3/c1-3-28-19(27)14-4-5-16(23-12(14)2)18(26)25-8-6-24(7-9-25)17-15(21)10-13(20)11-22-17/h4-5,10-11H,3,6-9H2,1-2H3. The first-order chi connectivity index (χ1) is 13.4. The molecule has 1 fully saturated rings. The Morgan fingerprint density at radius 2 is 1.89 bits per heavy atom. The van der Waals surface area contributed by atoms with E-state index < -0.39 is 5.97 Å². The Hall–Kier alpha value is -2.38. The summed E-state index contributed by atoms with van der Waals surface area (Å²) in [6.07, 6.45) is 1.55. The van der Waals surface area contributed by atoms with Crippen LogP contribution in [0.5, 0.6) is 0 Å². The van der Waals surface area contributed by atoms with Crippen LogP contribution in [0, 0.1) is 6.92 Å². The Labute approximate surface area is 173 Å². The monoisotopic (exact) mass is 422 g/mol. The van der Waals surface area contributed by atoms with Gasteiger partial charge in [-0.25, -0.2) is 14.8 Å². The van der Waals surface area contributed by atoms with E-state index in [-0.39, 0.29) is 12.5 Å². The molecule has 1 aliphatic heterocycles. The number of pyridine rings is 2. The number of carbonyl (C=O) groups excluding carboxylic acids is 2. The zero-order valence-electron chi connectivity index (χ0n) is 15.6. The molecular formula is C19H20Cl2N4O3. The molecule has 0 spiro atoms. The SMILES string of the molecule is CCOC(=O)c1ccc(C(=O)N2CCN(c3ncc(Cl)cc3Cl)CC2)nc1C.